The molecule has 0 radical (unpaired) electrons. The average Bonchev–Trinajstić information content (AvgIpc) is 3.04. The number of hydrogen-bond donors (Lipinski definition) is 1. The average molecular weight is 395 g/mol. The number of carbonyl (C=O) groups is 3. The fourth-order valence-electron chi connectivity index (χ4n) is 3.53. The van der Waals surface area contributed by atoms with Crippen molar-refractivity contribution in [2.75, 3.05) is 27.2 Å². The Hall–Kier alpha value is -3.19. The monoisotopic (exact) mass is 395 g/mol. The number of benzene rings is 2. The van der Waals surface area contributed by atoms with Gasteiger partial charge in [0.2, 0.25) is 5.91 Å². The van der Waals surface area contributed by atoms with Crippen molar-refractivity contribution < 1.29 is 19.1 Å². The number of amides is 3. The van der Waals surface area contributed by atoms with Gasteiger partial charge in [0.15, 0.2) is 0 Å². The summed E-state index contributed by atoms with van der Waals surface area (Å²) in [6.45, 7) is 1.42. The van der Waals surface area contributed by atoms with Crippen LogP contribution in [-0.2, 0) is 14.3 Å². The minimum Gasteiger partial charge on any atom is -0.448 e. The summed E-state index contributed by atoms with van der Waals surface area (Å²) in [6.07, 6.45) is -0.751. The van der Waals surface area contributed by atoms with Crippen molar-refractivity contribution in [3.05, 3.63) is 59.7 Å². The van der Waals surface area contributed by atoms with Crippen LogP contribution < -0.4 is 5.73 Å². The van der Waals surface area contributed by atoms with E-state index in [1.165, 1.54) is 19.0 Å². The van der Waals surface area contributed by atoms with E-state index in [9.17, 15) is 14.4 Å². The highest BCUT2D eigenvalue weighted by atomic mass is 16.6. The molecule has 0 heterocycles. The molecule has 2 aromatic carbocycles. The van der Waals surface area contributed by atoms with Gasteiger partial charge in [-0.3, -0.25) is 9.59 Å². The van der Waals surface area contributed by atoms with Gasteiger partial charge in [-0.2, -0.15) is 0 Å². The van der Waals surface area contributed by atoms with E-state index < -0.39 is 18.0 Å². The highest BCUT2D eigenvalue weighted by Crippen LogP contribution is 2.44. The van der Waals surface area contributed by atoms with Crippen molar-refractivity contribution in [2.24, 2.45) is 5.73 Å². The van der Waals surface area contributed by atoms with Crippen LogP contribution >= 0.6 is 0 Å². The predicted molar refractivity (Wildman–Crippen MR) is 109 cm³/mol. The lowest BCUT2D eigenvalue weighted by Crippen LogP contribution is -2.46. The summed E-state index contributed by atoms with van der Waals surface area (Å²) in [5, 5.41) is 0. The lowest BCUT2D eigenvalue weighted by Gasteiger charge is -2.22. The third kappa shape index (κ3) is 4.14. The summed E-state index contributed by atoms with van der Waals surface area (Å²) in [5.74, 6) is -1.00. The van der Waals surface area contributed by atoms with Crippen LogP contribution in [0, 0.1) is 0 Å². The molecule has 0 bridgehead atoms. The Balaban J connectivity index is 1.65. The zero-order valence-corrected chi connectivity index (χ0v) is 16.8. The van der Waals surface area contributed by atoms with E-state index in [0.717, 1.165) is 27.2 Å². The molecule has 29 heavy (non-hydrogen) atoms. The predicted octanol–water partition coefficient (Wildman–Crippen LogP) is 2.20. The van der Waals surface area contributed by atoms with E-state index in [-0.39, 0.29) is 25.0 Å². The van der Waals surface area contributed by atoms with Crippen molar-refractivity contribution >= 4 is 17.9 Å². The first kappa shape index (κ1) is 20.5. The Morgan fingerprint density at radius 2 is 1.52 bits per heavy atom. The van der Waals surface area contributed by atoms with E-state index >= 15 is 0 Å². The summed E-state index contributed by atoms with van der Waals surface area (Å²) < 4.78 is 5.45. The minimum atomic E-state index is -0.751. The number of nitrogens with zero attached hydrogens (tertiary/aromatic N) is 2. The Labute approximate surface area is 170 Å². The van der Waals surface area contributed by atoms with Crippen LogP contribution in [0.15, 0.2) is 48.5 Å². The number of hydrogen-bond acceptors (Lipinski definition) is 5. The number of carbonyl (C=O) groups excluding carboxylic acids is 3. The van der Waals surface area contributed by atoms with Gasteiger partial charge in [-0.1, -0.05) is 48.5 Å². The number of rotatable bonds is 5. The van der Waals surface area contributed by atoms with Crippen LogP contribution in [0.2, 0.25) is 0 Å². The van der Waals surface area contributed by atoms with E-state index in [0.29, 0.717) is 0 Å². The van der Waals surface area contributed by atoms with Gasteiger partial charge in [-0.15, -0.1) is 0 Å². The Kier molecular flexibility index (Phi) is 5.98. The number of nitrogens with two attached hydrogens (primary N) is 1. The molecular formula is C22H25N3O4. The highest BCUT2D eigenvalue weighted by Gasteiger charge is 2.30. The topological polar surface area (TPSA) is 92.9 Å². The maximum absolute atomic E-state index is 12.4. The molecular weight excluding hydrogens is 370 g/mol. The molecule has 0 fully saturated rings. The van der Waals surface area contributed by atoms with E-state index in [2.05, 4.69) is 12.1 Å². The highest BCUT2D eigenvalue weighted by molar-refractivity contribution is 5.95. The summed E-state index contributed by atoms with van der Waals surface area (Å²) in [7, 11) is 2.81. The zero-order valence-electron chi connectivity index (χ0n) is 16.8. The minimum absolute atomic E-state index is 0.0859. The number of likely N-dealkylation sites (N-methyl/N-ethyl adjacent to an activating group) is 2. The maximum Gasteiger partial charge on any atom is 0.416 e. The molecule has 7 nitrogen and oxygen atoms in total. The van der Waals surface area contributed by atoms with Gasteiger partial charge < -0.3 is 15.4 Å². The molecule has 1 aliphatic carbocycles. The van der Waals surface area contributed by atoms with Gasteiger partial charge in [-0.05, 0) is 29.2 Å². The van der Waals surface area contributed by atoms with Crippen LogP contribution in [0.5, 0.6) is 0 Å². The van der Waals surface area contributed by atoms with Crippen LogP contribution in [0.1, 0.15) is 24.0 Å². The lowest BCUT2D eigenvalue weighted by atomic mass is 9.98. The van der Waals surface area contributed by atoms with Gasteiger partial charge in [0, 0.05) is 20.0 Å². The van der Waals surface area contributed by atoms with Crippen molar-refractivity contribution in [1.82, 2.24) is 9.80 Å². The first-order valence-electron chi connectivity index (χ1n) is 9.43. The fourth-order valence-corrected chi connectivity index (χ4v) is 3.53. The molecule has 3 amide bonds. The quantitative estimate of drug-likeness (QED) is 0.838. The molecule has 7 heteroatoms. The smallest absolute Gasteiger partial charge is 0.416 e. The largest absolute Gasteiger partial charge is 0.448 e. The van der Waals surface area contributed by atoms with Crippen molar-refractivity contribution in [2.45, 2.75) is 18.9 Å². The van der Waals surface area contributed by atoms with Crippen molar-refractivity contribution in [3.63, 3.8) is 0 Å². The summed E-state index contributed by atoms with van der Waals surface area (Å²) in [6, 6.07) is 15.3. The molecule has 0 aromatic heterocycles. The molecule has 1 aliphatic rings. The Bertz CT molecular complexity index is 896. The maximum atomic E-state index is 12.4. The van der Waals surface area contributed by atoms with Gasteiger partial charge in [0.1, 0.15) is 6.61 Å². The van der Waals surface area contributed by atoms with Gasteiger partial charge >= 0.3 is 6.09 Å². The summed E-state index contributed by atoms with van der Waals surface area (Å²) in [5.41, 5.74) is 9.99. The van der Waals surface area contributed by atoms with Gasteiger partial charge in [0.25, 0.3) is 5.91 Å². The Morgan fingerprint density at radius 3 is 2.03 bits per heavy atom. The molecule has 152 valence electrons. The molecule has 0 spiro atoms. The zero-order chi connectivity index (χ0) is 21.1. The summed E-state index contributed by atoms with van der Waals surface area (Å²) in [4.78, 5) is 38.6. The standard InChI is InChI=1S/C22H25N3O4/c1-14(23)21(27)24(2)12-20(26)25(3)22(28)29-13-19-17-10-6-4-8-15(17)16-9-5-7-11-18(16)19/h4-11,14,19H,12-13,23H2,1-3H3/t14-/m0/s1. The van der Waals surface area contributed by atoms with E-state index in [1.54, 1.807) is 6.92 Å². The lowest BCUT2D eigenvalue weighted by molar-refractivity contribution is -0.138. The molecule has 0 saturated heterocycles. The van der Waals surface area contributed by atoms with Crippen LogP contribution in [0.4, 0.5) is 4.79 Å². The van der Waals surface area contributed by atoms with E-state index in [1.807, 2.05) is 36.4 Å². The summed E-state index contributed by atoms with van der Waals surface area (Å²) >= 11 is 0. The van der Waals surface area contributed by atoms with Gasteiger partial charge in [0.05, 0.1) is 12.6 Å². The van der Waals surface area contributed by atoms with Crippen LogP contribution in [-0.4, -0.2) is 61.0 Å². The molecule has 2 aromatic rings. The third-order valence-corrected chi connectivity index (χ3v) is 5.12. The SMILES string of the molecule is C[C@H](N)C(=O)N(C)CC(=O)N(C)C(=O)OCC1c2ccccc2-c2ccccc21. The van der Waals surface area contributed by atoms with Crippen molar-refractivity contribution in [1.29, 1.82) is 0 Å². The molecule has 1 atom stereocenters. The van der Waals surface area contributed by atoms with E-state index in [4.69, 9.17) is 10.5 Å². The molecule has 0 saturated carbocycles. The van der Waals surface area contributed by atoms with Crippen LogP contribution in [0.3, 0.4) is 0 Å². The third-order valence-electron chi connectivity index (χ3n) is 5.12. The first-order chi connectivity index (χ1) is 13.8. The van der Waals surface area contributed by atoms with Crippen LogP contribution in [0.25, 0.3) is 11.1 Å². The Morgan fingerprint density at radius 1 is 1.00 bits per heavy atom. The molecule has 0 aliphatic heterocycles. The molecule has 3 rings (SSSR count). The number of fused-ring (bicyclic) bond motifs is 3. The second-order valence-corrected chi connectivity index (χ2v) is 7.24. The normalized spacial score (nSPS) is 13.2. The first-order valence-corrected chi connectivity index (χ1v) is 9.43. The molecule has 0 unspecified atom stereocenters. The second kappa shape index (κ2) is 8.45. The number of imide groups is 1. The fraction of sp³-hybridized carbons (Fsp3) is 0.318. The van der Waals surface area contributed by atoms with Crippen molar-refractivity contribution in [3.8, 4) is 11.1 Å². The molecule has 2 N–H and O–H groups in total. The van der Waals surface area contributed by atoms with Gasteiger partial charge in [-0.25, -0.2) is 9.69 Å². The second-order valence-electron chi connectivity index (χ2n) is 7.24. The number of ether oxygens (including phenoxy) is 1.